The Morgan fingerprint density at radius 3 is 2.05 bits per heavy atom. The maximum atomic E-state index is 12.7. The second-order valence-electron chi connectivity index (χ2n) is 11.1. The largest absolute Gasteiger partial charge is 0.490 e. The van der Waals surface area contributed by atoms with Crippen LogP contribution in [0.15, 0.2) is 18.2 Å². The van der Waals surface area contributed by atoms with E-state index >= 15 is 0 Å². The molecular formula is C27H36F6N6O5. The standard InChI is InChI=1S/C23H34N6O.2C2HF3O2/c1-17(2)8-12-24-22(30)21-27-26-20-7-9-23(16-29(20)21)10-13-28(14-11-23)15-19-6-4-5-18(3)25-19;2*3-2(4,5)1(6)7/h4-6,17H,7-16H2,1-3H3,(H,24,30);2*(H,6,7). The van der Waals surface area contributed by atoms with E-state index in [4.69, 9.17) is 19.8 Å². The Kier molecular flexibility index (Phi) is 12.7. The number of carboxylic acids is 2. The number of amides is 1. The van der Waals surface area contributed by atoms with Crippen LogP contribution in [0.25, 0.3) is 0 Å². The lowest BCUT2D eigenvalue weighted by molar-refractivity contribution is -0.193. The molecule has 1 amide bonds. The van der Waals surface area contributed by atoms with Crippen molar-refractivity contribution in [1.82, 2.24) is 30.0 Å². The zero-order valence-electron chi connectivity index (χ0n) is 24.5. The van der Waals surface area contributed by atoms with Gasteiger partial charge in [-0.25, -0.2) is 9.59 Å². The fourth-order valence-corrected chi connectivity index (χ4v) is 4.71. The number of rotatable bonds is 6. The van der Waals surface area contributed by atoms with E-state index in [0.29, 0.717) is 18.3 Å². The Morgan fingerprint density at radius 2 is 1.55 bits per heavy atom. The summed E-state index contributed by atoms with van der Waals surface area (Å²) in [5.41, 5.74) is 2.47. The lowest BCUT2D eigenvalue weighted by atomic mass is 9.73. The van der Waals surface area contributed by atoms with Crippen LogP contribution in [0.1, 0.15) is 67.4 Å². The number of fused-ring (bicyclic) bond motifs is 1. The first-order chi connectivity index (χ1) is 20.3. The summed E-state index contributed by atoms with van der Waals surface area (Å²) in [6.45, 7) is 11.0. The molecule has 1 fully saturated rings. The number of aliphatic carboxylic acids is 2. The second kappa shape index (κ2) is 15.3. The van der Waals surface area contributed by atoms with Gasteiger partial charge >= 0.3 is 24.3 Å². The average molecular weight is 639 g/mol. The van der Waals surface area contributed by atoms with E-state index in [9.17, 15) is 31.1 Å². The molecule has 2 aromatic rings. The van der Waals surface area contributed by atoms with Crippen LogP contribution in [0, 0.1) is 18.3 Å². The van der Waals surface area contributed by atoms with Crippen molar-refractivity contribution in [3.63, 3.8) is 0 Å². The number of piperidine rings is 1. The summed E-state index contributed by atoms with van der Waals surface area (Å²) in [4.78, 5) is 37.6. The Labute approximate surface area is 249 Å². The Balaban J connectivity index is 0.000000402. The molecule has 2 aromatic heterocycles. The van der Waals surface area contributed by atoms with Crippen molar-refractivity contribution in [3.05, 3.63) is 41.2 Å². The molecule has 0 bridgehead atoms. The zero-order chi connectivity index (χ0) is 33.3. The summed E-state index contributed by atoms with van der Waals surface area (Å²) < 4.78 is 65.6. The van der Waals surface area contributed by atoms with E-state index < -0.39 is 24.3 Å². The highest BCUT2D eigenvalue weighted by atomic mass is 19.4. The molecular weight excluding hydrogens is 602 g/mol. The quantitative estimate of drug-likeness (QED) is 0.395. The molecule has 3 N–H and O–H groups in total. The van der Waals surface area contributed by atoms with E-state index in [2.05, 4.69) is 55.9 Å². The topological polar surface area (TPSA) is 151 Å². The molecule has 4 heterocycles. The van der Waals surface area contributed by atoms with Crippen LogP contribution in [-0.2, 0) is 29.1 Å². The number of hydrogen-bond donors (Lipinski definition) is 3. The van der Waals surface area contributed by atoms with Crippen LogP contribution < -0.4 is 5.32 Å². The van der Waals surface area contributed by atoms with Crippen LogP contribution in [0.5, 0.6) is 0 Å². The van der Waals surface area contributed by atoms with E-state index in [-0.39, 0.29) is 11.3 Å². The van der Waals surface area contributed by atoms with Crippen LogP contribution >= 0.6 is 0 Å². The minimum Gasteiger partial charge on any atom is -0.475 e. The molecule has 11 nitrogen and oxygen atoms in total. The van der Waals surface area contributed by atoms with Gasteiger partial charge in [0.1, 0.15) is 5.82 Å². The molecule has 1 saturated heterocycles. The number of halogens is 6. The summed E-state index contributed by atoms with van der Waals surface area (Å²) in [5.74, 6) is -3.59. The molecule has 2 aliphatic heterocycles. The summed E-state index contributed by atoms with van der Waals surface area (Å²) in [7, 11) is 0. The van der Waals surface area contributed by atoms with E-state index in [1.807, 2.05) is 13.0 Å². The third kappa shape index (κ3) is 11.4. The van der Waals surface area contributed by atoms with Crippen molar-refractivity contribution in [2.45, 2.75) is 78.3 Å². The molecule has 0 aromatic carbocycles. The maximum absolute atomic E-state index is 12.7. The lowest BCUT2D eigenvalue weighted by Crippen LogP contribution is -2.45. The molecule has 246 valence electrons. The van der Waals surface area contributed by atoms with E-state index in [1.54, 1.807) is 0 Å². The van der Waals surface area contributed by atoms with Crippen molar-refractivity contribution < 1.29 is 50.9 Å². The number of aryl methyl sites for hydroxylation is 2. The Morgan fingerprint density at radius 1 is 0.977 bits per heavy atom. The molecule has 0 aliphatic carbocycles. The summed E-state index contributed by atoms with van der Waals surface area (Å²) >= 11 is 0. The Hall–Kier alpha value is -3.76. The van der Waals surface area contributed by atoms with Crippen LogP contribution in [0.4, 0.5) is 26.3 Å². The average Bonchev–Trinajstić information content (AvgIpc) is 3.32. The lowest BCUT2D eigenvalue weighted by Gasteiger charge is -2.44. The van der Waals surface area contributed by atoms with Gasteiger partial charge < -0.3 is 20.1 Å². The van der Waals surface area contributed by atoms with Crippen LogP contribution in [0.3, 0.4) is 0 Å². The molecule has 44 heavy (non-hydrogen) atoms. The number of hydrogen-bond acceptors (Lipinski definition) is 7. The van der Waals surface area contributed by atoms with Crippen molar-refractivity contribution in [2.24, 2.45) is 11.3 Å². The molecule has 17 heteroatoms. The monoisotopic (exact) mass is 638 g/mol. The predicted octanol–water partition coefficient (Wildman–Crippen LogP) is 4.25. The van der Waals surface area contributed by atoms with E-state index in [0.717, 1.165) is 75.5 Å². The number of aromatic nitrogens is 4. The van der Waals surface area contributed by atoms with Crippen molar-refractivity contribution in [2.75, 3.05) is 19.6 Å². The van der Waals surface area contributed by atoms with Crippen molar-refractivity contribution >= 4 is 17.8 Å². The fourth-order valence-electron chi connectivity index (χ4n) is 4.71. The Bertz CT molecular complexity index is 1250. The number of carbonyl (C=O) groups is 3. The van der Waals surface area contributed by atoms with Gasteiger partial charge in [0.25, 0.3) is 5.91 Å². The first-order valence-corrected chi connectivity index (χ1v) is 13.8. The van der Waals surface area contributed by atoms with Gasteiger partial charge in [-0.3, -0.25) is 14.7 Å². The van der Waals surface area contributed by atoms with Crippen molar-refractivity contribution in [1.29, 1.82) is 0 Å². The van der Waals surface area contributed by atoms with Gasteiger partial charge in [-0.05, 0) is 69.2 Å². The number of nitrogens with zero attached hydrogens (tertiary/aromatic N) is 5. The summed E-state index contributed by atoms with van der Waals surface area (Å²) in [6, 6.07) is 6.25. The molecule has 0 unspecified atom stereocenters. The highest BCUT2D eigenvalue weighted by Crippen LogP contribution is 2.41. The van der Waals surface area contributed by atoms with Gasteiger partial charge in [0, 0.05) is 31.7 Å². The third-order valence-electron chi connectivity index (χ3n) is 7.14. The fraction of sp³-hybridized carbons (Fsp3) is 0.630. The number of pyridine rings is 1. The second-order valence-corrected chi connectivity index (χ2v) is 11.1. The third-order valence-corrected chi connectivity index (χ3v) is 7.14. The van der Waals surface area contributed by atoms with Crippen LogP contribution in [-0.4, -0.2) is 84.7 Å². The maximum Gasteiger partial charge on any atom is 0.490 e. The van der Waals surface area contributed by atoms with Crippen molar-refractivity contribution in [3.8, 4) is 0 Å². The zero-order valence-corrected chi connectivity index (χ0v) is 24.5. The van der Waals surface area contributed by atoms with Gasteiger partial charge in [0.2, 0.25) is 5.82 Å². The predicted molar refractivity (Wildman–Crippen MR) is 143 cm³/mol. The number of nitrogens with one attached hydrogen (secondary N) is 1. The van der Waals surface area contributed by atoms with Gasteiger partial charge in [0.15, 0.2) is 0 Å². The molecule has 0 atom stereocenters. The van der Waals surface area contributed by atoms with Gasteiger partial charge in [-0.15, -0.1) is 10.2 Å². The molecule has 0 radical (unpaired) electrons. The van der Waals surface area contributed by atoms with E-state index in [1.165, 1.54) is 0 Å². The molecule has 1 spiro atoms. The molecule has 2 aliphatic rings. The SMILES string of the molecule is Cc1cccc(CN2CCC3(CCc4nnc(C(=O)NCCC(C)C)n4C3)CC2)n1.O=C(O)C(F)(F)F.O=C(O)C(F)(F)F. The van der Waals surface area contributed by atoms with Gasteiger partial charge in [-0.2, -0.15) is 26.3 Å². The number of carbonyl (C=O) groups excluding carboxylic acids is 1. The van der Waals surface area contributed by atoms with Crippen LogP contribution in [0.2, 0.25) is 0 Å². The number of carboxylic acid groups (broad SMARTS) is 2. The van der Waals surface area contributed by atoms with Gasteiger partial charge in [-0.1, -0.05) is 19.9 Å². The molecule has 0 saturated carbocycles. The minimum atomic E-state index is -5.08. The summed E-state index contributed by atoms with van der Waals surface area (Å²) in [5, 5.41) is 25.8. The highest BCUT2D eigenvalue weighted by molar-refractivity contribution is 5.90. The first-order valence-electron chi connectivity index (χ1n) is 13.8. The minimum absolute atomic E-state index is 0.0885. The first kappa shape index (κ1) is 36.4. The number of likely N-dealkylation sites (tertiary alicyclic amines) is 1. The smallest absolute Gasteiger partial charge is 0.475 e. The highest BCUT2D eigenvalue weighted by Gasteiger charge is 2.40. The normalized spacial score (nSPS) is 16.2. The molecule has 4 rings (SSSR count). The summed E-state index contributed by atoms with van der Waals surface area (Å²) in [6.07, 6.45) is -4.86. The number of alkyl halides is 6. The van der Waals surface area contributed by atoms with Gasteiger partial charge in [0.05, 0.1) is 5.69 Å².